The van der Waals surface area contributed by atoms with E-state index in [4.69, 9.17) is 16.7 Å². The van der Waals surface area contributed by atoms with Crippen LogP contribution < -0.4 is 5.32 Å². The number of carbonyl (C=O) groups excluding carboxylic acids is 2. The third-order valence-electron chi connectivity index (χ3n) is 6.76. The second kappa shape index (κ2) is 13.2. The van der Waals surface area contributed by atoms with E-state index in [2.05, 4.69) is 5.32 Å². The van der Waals surface area contributed by atoms with E-state index < -0.39 is 53.7 Å². The van der Waals surface area contributed by atoms with Crippen molar-refractivity contribution in [2.24, 2.45) is 0 Å². The van der Waals surface area contributed by atoms with Gasteiger partial charge in [0.25, 0.3) is 5.91 Å². The monoisotopic (exact) mass is 628 g/mol. The lowest BCUT2D eigenvalue weighted by atomic mass is 9.98. The lowest BCUT2D eigenvalue weighted by Gasteiger charge is -2.24. The first-order valence-electron chi connectivity index (χ1n) is 13.1. The SMILES string of the molecule is CN(CC(=O)O)C(=O)[C@H](Cc1ccc(-c2cccc(C(F)(F)F)c2)cc1)NC(=O)c1cc(-c2ccc(F)c(Cl)c2)ccc1O. The second-order valence-electron chi connectivity index (χ2n) is 9.95. The van der Waals surface area contributed by atoms with Gasteiger partial charge in [-0.15, -0.1) is 0 Å². The minimum atomic E-state index is -4.51. The maximum Gasteiger partial charge on any atom is 0.416 e. The Morgan fingerprint density at radius 3 is 2.14 bits per heavy atom. The molecule has 0 saturated heterocycles. The molecule has 7 nitrogen and oxygen atoms in total. The molecule has 0 fully saturated rings. The molecule has 4 aromatic carbocycles. The summed E-state index contributed by atoms with van der Waals surface area (Å²) in [5.41, 5.74) is 1.20. The molecule has 1 atom stereocenters. The number of hydrogen-bond acceptors (Lipinski definition) is 4. The number of carboxylic acid groups (broad SMARTS) is 1. The van der Waals surface area contributed by atoms with Crippen LogP contribution in [0.2, 0.25) is 5.02 Å². The Balaban J connectivity index is 1.60. The minimum absolute atomic E-state index is 0.106. The molecule has 4 rings (SSSR count). The number of nitrogens with zero attached hydrogens (tertiary/aromatic N) is 1. The zero-order chi connectivity index (χ0) is 32.2. The molecule has 2 amide bonds. The molecule has 3 N–H and O–H groups in total. The maximum absolute atomic E-state index is 13.6. The van der Waals surface area contributed by atoms with Crippen LogP contribution in [0.15, 0.2) is 84.9 Å². The highest BCUT2D eigenvalue weighted by atomic mass is 35.5. The molecule has 0 heterocycles. The number of rotatable bonds is 9. The smallest absolute Gasteiger partial charge is 0.416 e. The summed E-state index contributed by atoms with van der Waals surface area (Å²) in [6.45, 7) is -0.647. The molecule has 0 spiro atoms. The number of benzene rings is 4. The van der Waals surface area contributed by atoms with E-state index in [1.807, 2.05) is 0 Å². The Hall–Kier alpha value is -4.90. The van der Waals surface area contributed by atoms with E-state index in [1.165, 1.54) is 49.5 Å². The van der Waals surface area contributed by atoms with Crippen molar-refractivity contribution >= 4 is 29.4 Å². The Labute approximate surface area is 254 Å². The third-order valence-corrected chi connectivity index (χ3v) is 7.05. The van der Waals surface area contributed by atoms with E-state index in [1.54, 1.807) is 24.3 Å². The highest BCUT2D eigenvalue weighted by Gasteiger charge is 2.30. The molecule has 0 aliphatic rings. The summed E-state index contributed by atoms with van der Waals surface area (Å²) in [5.74, 6) is -3.90. The molecule has 0 aromatic heterocycles. The van der Waals surface area contributed by atoms with Gasteiger partial charge in [-0.05, 0) is 64.2 Å². The van der Waals surface area contributed by atoms with Crippen molar-refractivity contribution in [2.45, 2.75) is 18.6 Å². The fraction of sp³-hybridized carbons (Fsp3) is 0.156. The first-order chi connectivity index (χ1) is 20.7. The lowest BCUT2D eigenvalue weighted by Crippen LogP contribution is -2.49. The molecule has 0 bridgehead atoms. The number of alkyl halides is 3. The number of hydrogen-bond donors (Lipinski definition) is 3. The van der Waals surface area contributed by atoms with E-state index in [-0.39, 0.29) is 17.0 Å². The van der Waals surface area contributed by atoms with Crippen molar-refractivity contribution in [2.75, 3.05) is 13.6 Å². The summed E-state index contributed by atoms with van der Waals surface area (Å²) in [6, 6.07) is 17.8. The first-order valence-corrected chi connectivity index (χ1v) is 13.4. The van der Waals surface area contributed by atoms with E-state index >= 15 is 0 Å². The van der Waals surface area contributed by atoms with Crippen molar-refractivity contribution in [3.05, 3.63) is 112 Å². The minimum Gasteiger partial charge on any atom is -0.507 e. The number of carbonyl (C=O) groups is 3. The standard InChI is InChI=1S/C32H25ClF4N2O5/c1-39(17-29(41)42)31(44)27(13-18-5-7-19(8-6-18)20-3-2-4-23(14-20)32(35,36)37)38-30(43)24-15-21(10-12-28(24)40)22-9-11-26(34)25(33)16-22/h2-12,14-16,27,40H,13,17H2,1H3,(H,38,43)(H,41,42)/t27-/m0/s1. The Morgan fingerprint density at radius 1 is 0.886 bits per heavy atom. The van der Waals surface area contributed by atoms with Gasteiger partial charge in [-0.25, -0.2) is 4.39 Å². The molecular formula is C32H25ClF4N2O5. The molecular weight excluding hydrogens is 604 g/mol. The average Bonchev–Trinajstić information content (AvgIpc) is 2.97. The van der Waals surface area contributed by atoms with E-state index in [0.29, 0.717) is 27.8 Å². The fourth-order valence-electron chi connectivity index (χ4n) is 4.50. The van der Waals surface area contributed by atoms with Gasteiger partial charge < -0.3 is 20.4 Å². The van der Waals surface area contributed by atoms with Gasteiger partial charge in [0.1, 0.15) is 24.2 Å². The lowest BCUT2D eigenvalue weighted by molar-refractivity contribution is -0.144. The zero-order valence-electron chi connectivity index (χ0n) is 23.0. The quantitative estimate of drug-likeness (QED) is 0.186. The Kier molecular flexibility index (Phi) is 9.59. The van der Waals surface area contributed by atoms with Gasteiger partial charge in [0, 0.05) is 13.5 Å². The predicted molar refractivity (Wildman–Crippen MR) is 156 cm³/mol. The second-order valence-corrected chi connectivity index (χ2v) is 10.4. The van der Waals surface area contributed by atoms with Crippen LogP contribution in [0.25, 0.3) is 22.3 Å². The molecule has 44 heavy (non-hydrogen) atoms. The molecule has 0 radical (unpaired) electrons. The molecule has 0 aliphatic carbocycles. The maximum atomic E-state index is 13.6. The van der Waals surface area contributed by atoms with Crippen LogP contribution in [0.3, 0.4) is 0 Å². The number of aromatic hydroxyl groups is 1. The van der Waals surface area contributed by atoms with Crippen molar-refractivity contribution in [3.8, 4) is 28.0 Å². The van der Waals surface area contributed by atoms with E-state index in [9.17, 15) is 37.1 Å². The summed E-state index contributed by atoms with van der Waals surface area (Å²) >= 11 is 5.88. The van der Waals surface area contributed by atoms with Gasteiger partial charge >= 0.3 is 12.1 Å². The first kappa shape index (κ1) is 32.0. The van der Waals surface area contributed by atoms with E-state index in [0.717, 1.165) is 23.1 Å². The molecule has 228 valence electrons. The number of aliphatic carboxylic acids is 1. The topological polar surface area (TPSA) is 107 Å². The Bertz CT molecular complexity index is 1710. The number of phenols is 1. The number of carboxylic acids is 1. The van der Waals surface area contributed by atoms with Crippen LogP contribution in [-0.4, -0.2) is 52.5 Å². The molecule has 0 aliphatic heterocycles. The average molecular weight is 629 g/mol. The highest BCUT2D eigenvalue weighted by Crippen LogP contribution is 2.32. The molecule has 12 heteroatoms. The molecule has 0 unspecified atom stereocenters. The zero-order valence-corrected chi connectivity index (χ0v) is 23.8. The molecule has 0 saturated carbocycles. The Morgan fingerprint density at radius 2 is 1.50 bits per heavy atom. The van der Waals surface area contributed by atoms with Crippen LogP contribution in [0.1, 0.15) is 21.5 Å². The number of phenolic OH excluding ortho intramolecular Hbond substituents is 1. The number of amides is 2. The van der Waals surface area contributed by atoms with Gasteiger partial charge in [-0.3, -0.25) is 14.4 Å². The summed E-state index contributed by atoms with van der Waals surface area (Å²) in [5, 5.41) is 22.0. The molecule has 4 aromatic rings. The van der Waals surface area contributed by atoms with Crippen LogP contribution in [0, 0.1) is 5.82 Å². The fourth-order valence-corrected chi connectivity index (χ4v) is 4.68. The normalized spacial score (nSPS) is 12.0. The van der Waals surface area contributed by atoms with Crippen LogP contribution in [0.4, 0.5) is 17.6 Å². The highest BCUT2D eigenvalue weighted by molar-refractivity contribution is 6.31. The van der Waals surface area contributed by atoms with Gasteiger partial charge in [0.2, 0.25) is 5.91 Å². The third kappa shape index (κ3) is 7.73. The number of likely N-dealkylation sites (N-methyl/N-ethyl adjacent to an activating group) is 1. The summed E-state index contributed by atoms with van der Waals surface area (Å²) in [7, 11) is 1.25. The number of halogens is 5. The van der Waals surface area contributed by atoms with Crippen molar-refractivity contribution in [1.29, 1.82) is 0 Å². The van der Waals surface area contributed by atoms with Gasteiger partial charge in [0.15, 0.2) is 0 Å². The van der Waals surface area contributed by atoms with Gasteiger partial charge in [-0.1, -0.05) is 60.1 Å². The van der Waals surface area contributed by atoms with Gasteiger partial charge in [-0.2, -0.15) is 13.2 Å². The summed E-state index contributed by atoms with van der Waals surface area (Å²) in [4.78, 5) is 38.7. The summed E-state index contributed by atoms with van der Waals surface area (Å²) in [6.07, 6.45) is -4.62. The van der Waals surface area contributed by atoms with Gasteiger partial charge in [0.05, 0.1) is 16.1 Å². The summed E-state index contributed by atoms with van der Waals surface area (Å²) < 4.78 is 53.1. The predicted octanol–water partition coefficient (Wildman–Crippen LogP) is 6.42. The van der Waals surface area contributed by atoms with Crippen LogP contribution in [-0.2, 0) is 22.2 Å². The van der Waals surface area contributed by atoms with Crippen molar-refractivity contribution in [1.82, 2.24) is 10.2 Å². The van der Waals surface area contributed by atoms with Crippen molar-refractivity contribution in [3.63, 3.8) is 0 Å². The van der Waals surface area contributed by atoms with Crippen molar-refractivity contribution < 1.29 is 42.2 Å². The van der Waals surface area contributed by atoms with Crippen LogP contribution in [0.5, 0.6) is 5.75 Å². The number of nitrogens with one attached hydrogen (secondary N) is 1. The van der Waals surface area contributed by atoms with Crippen LogP contribution >= 0.6 is 11.6 Å². The largest absolute Gasteiger partial charge is 0.507 e.